The van der Waals surface area contributed by atoms with Crippen molar-refractivity contribution >= 4 is 19.9 Å². The van der Waals surface area contributed by atoms with Gasteiger partial charge in [-0.05, 0) is 11.6 Å². The molecule has 1 aliphatic rings. The van der Waals surface area contributed by atoms with Crippen LogP contribution in [0.15, 0.2) is 29.2 Å². The molecule has 1 atom stereocenters. The van der Waals surface area contributed by atoms with E-state index in [1.165, 1.54) is 14.1 Å². The van der Waals surface area contributed by atoms with Gasteiger partial charge in [-0.25, -0.2) is 21.1 Å². The number of hydrogen-bond acceptors (Lipinski definition) is 5. The molecule has 0 aromatic heterocycles. The Hall–Kier alpha value is -0.960. The maximum atomic E-state index is 12.0. The van der Waals surface area contributed by atoms with Crippen molar-refractivity contribution in [1.82, 2.24) is 9.62 Å². The molecule has 1 aromatic rings. The van der Waals surface area contributed by atoms with Gasteiger partial charge in [-0.3, -0.25) is 0 Å². The third-order valence-electron chi connectivity index (χ3n) is 3.32. The fraction of sp³-hybridized carbons (Fsp3) is 0.500. The lowest BCUT2D eigenvalue weighted by Crippen LogP contribution is -2.33. The predicted octanol–water partition coefficient (Wildman–Crippen LogP) is -0.00400. The van der Waals surface area contributed by atoms with Gasteiger partial charge in [0.05, 0.1) is 16.4 Å². The van der Waals surface area contributed by atoms with Gasteiger partial charge in [0.25, 0.3) is 0 Å². The zero-order valence-corrected chi connectivity index (χ0v) is 13.0. The van der Waals surface area contributed by atoms with E-state index >= 15 is 0 Å². The first-order valence-corrected chi connectivity index (χ1v) is 9.45. The molecule has 0 saturated carbocycles. The number of benzene rings is 1. The van der Waals surface area contributed by atoms with Crippen LogP contribution in [-0.2, 0) is 19.9 Å². The first kappa shape index (κ1) is 15.4. The monoisotopic (exact) mass is 318 g/mol. The average Bonchev–Trinajstić information content (AvgIpc) is 2.62. The topological polar surface area (TPSA) is 83.6 Å². The Kier molecular flexibility index (Phi) is 4.19. The van der Waals surface area contributed by atoms with E-state index in [2.05, 4.69) is 5.32 Å². The van der Waals surface area contributed by atoms with Gasteiger partial charge in [-0.2, -0.15) is 0 Å². The van der Waals surface area contributed by atoms with Crippen LogP contribution in [0.25, 0.3) is 0 Å². The lowest BCUT2D eigenvalue weighted by atomic mass is 10.1. The van der Waals surface area contributed by atoms with Crippen molar-refractivity contribution in [2.24, 2.45) is 0 Å². The molecular weight excluding hydrogens is 300 g/mol. The van der Waals surface area contributed by atoms with Crippen LogP contribution >= 0.6 is 0 Å². The van der Waals surface area contributed by atoms with Crippen LogP contribution in [0.3, 0.4) is 0 Å². The molecule has 1 aromatic carbocycles. The van der Waals surface area contributed by atoms with Gasteiger partial charge in [0.1, 0.15) is 0 Å². The highest BCUT2D eigenvalue weighted by Crippen LogP contribution is 2.32. The number of nitrogens with one attached hydrogen (secondary N) is 1. The van der Waals surface area contributed by atoms with Gasteiger partial charge in [0.2, 0.25) is 10.0 Å². The first-order valence-electron chi connectivity index (χ1n) is 6.19. The number of sulfone groups is 1. The highest BCUT2D eigenvalue weighted by atomic mass is 32.2. The fourth-order valence-electron chi connectivity index (χ4n) is 2.16. The lowest BCUT2D eigenvalue weighted by Gasteiger charge is -2.15. The summed E-state index contributed by atoms with van der Waals surface area (Å²) >= 11 is 0. The van der Waals surface area contributed by atoms with E-state index in [1.807, 2.05) is 0 Å². The second-order valence-electron chi connectivity index (χ2n) is 4.92. The lowest BCUT2D eigenvalue weighted by molar-refractivity contribution is 0.513. The molecule has 1 heterocycles. The number of fused-ring (bicyclic) bond motifs is 1. The summed E-state index contributed by atoms with van der Waals surface area (Å²) in [4.78, 5) is 0.341. The molecule has 0 bridgehead atoms. The Balaban J connectivity index is 2.07. The Labute approximate surface area is 119 Å². The summed E-state index contributed by atoms with van der Waals surface area (Å²) in [7, 11) is -3.58. The SMILES string of the molecule is CN(C)S(=O)(=O)CCNC1CS(=O)(=O)c2ccccc21. The molecule has 0 aliphatic carbocycles. The van der Waals surface area contributed by atoms with Gasteiger partial charge in [0.15, 0.2) is 9.84 Å². The highest BCUT2D eigenvalue weighted by Gasteiger charge is 2.34. The second kappa shape index (κ2) is 5.44. The Morgan fingerprint density at radius 2 is 1.95 bits per heavy atom. The van der Waals surface area contributed by atoms with E-state index in [9.17, 15) is 16.8 Å². The number of nitrogens with zero attached hydrogens (tertiary/aromatic N) is 1. The van der Waals surface area contributed by atoms with Gasteiger partial charge in [-0.1, -0.05) is 18.2 Å². The van der Waals surface area contributed by atoms with Crippen LogP contribution < -0.4 is 5.32 Å². The summed E-state index contributed by atoms with van der Waals surface area (Å²) < 4.78 is 48.4. The van der Waals surface area contributed by atoms with Crippen molar-refractivity contribution in [1.29, 1.82) is 0 Å². The fourth-order valence-corrected chi connectivity index (χ4v) is 4.68. The third-order valence-corrected chi connectivity index (χ3v) is 6.97. The standard InChI is InChI=1S/C12H18N2O4S2/c1-14(2)20(17,18)8-7-13-11-9-19(15,16)12-6-4-3-5-10(11)12/h3-6,11,13H,7-9H2,1-2H3. The minimum atomic E-state index is -3.27. The summed E-state index contributed by atoms with van der Waals surface area (Å²) in [5.41, 5.74) is 0.717. The van der Waals surface area contributed by atoms with Crippen LogP contribution in [0.4, 0.5) is 0 Å². The normalized spacial score (nSPS) is 21.1. The van der Waals surface area contributed by atoms with E-state index in [4.69, 9.17) is 0 Å². The summed E-state index contributed by atoms with van der Waals surface area (Å²) in [5, 5.41) is 3.02. The van der Waals surface area contributed by atoms with Crippen LogP contribution in [0, 0.1) is 0 Å². The molecule has 1 aliphatic heterocycles. The molecule has 2 rings (SSSR count). The second-order valence-corrected chi connectivity index (χ2v) is 9.23. The summed E-state index contributed by atoms with van der Waals surface area (Å²) in [5.74, 6) is -0.0763. The molecule has 1 unspecified atom stereocenters. The van der Waals surface area contributed by atoms with Crippen molar-refractivity contribution in [2.75, 3.05) is 32.1 Å². The molecule has 6 nitrogen and oxygen atoms in total. The van der Waals surface area contributed by atoms with E-state index in [-0.39, 0.29) is 24.1 Å². The maximum absolute atomic E-state index is 12.0. The zero-order chi connectivity index (χ0) is 15.0. The molecule has 20 heavy (non-hydrogen) atoms. The molecular formula is C12H18N2O4S2. The van der Waals surface area contributed by atoms with Crippen LogP contribution in [0.1, 0.15) is 11.6 Å². The molecule has 0 fully saturated rings. The number of hydrogen-bond donors (Lipinski definition) is 1. The number of rotatable bonds is 5. The maximum Gasteiger partial charge on any atom is 0.214 e. The van der Waals surface area contributed by atoms with Gasteiger partial charge < -0.3 is 5.32 Å². The summed E-state index contributed by atoms with van der Waals surface area (Å²) in [6, 6.07) is 6.48. The van der Waals surface area contributed by atoms with Crippen molar-refractivity contribution in [3.63, 3.8) is 0 Å². The Morgan fingerprint density at radius 3 is 2.60 bits per heavy atom. The third kappa shape index (κ3) is 3.03. The molecule has 0 spiro atoms. The smallest absolute Gasteiger partial charge is 0.214 e. The van der Waals surface area contributed by atoms with E-state index < -0.39 is 19.9 Å². The largest absolute Gasteiger partial charge is 0.308 e. The van der Waals surface area contributed by atoms with Crippen LogP contribution in [0.2, 0.25) is 0 Å². The van der Waals surface area contributed by atoms with Crippen molar-refractivity contribution in [2.45, 2.75) is 10.9 Å². The van der Waals surface area contributed by atoms with Gasteiger partial charge in [-0.15, -0.1) is 0 Å². The Bertz CT molecular complexity index is 696. The first-order chi connectivity index (χ1) is 9.24. The summed E-state index contributed by atoms with van der Waals surface area (Å²) in [6.07, 6.45) is 0. The average molecular weight is 318 g/mol. The number of sulfonamides is 1. The molecule has 0 amide bonds. The quantitative estimate of drug-likeness (QED) is 0.826. The molecule has 1 N–H and O–H groups in total. The molecule has 0 saturated heterocycles. The molecule has 112 valence electrons. The van der Waals surface area contributed by atoms with Gasteiger partial charge in [0, 0.05) is 26.7 Å². The molecule has 8 heteroatoms. The van der Waals surface area contributed by atoms with Crippen LogP contribution in [-0.4, -0.2) is 53.3 Å². The minimum Gasteiger partial charge on any atom is -0.308 e. The Morgan fingerprint density at radius 1 is 1.30 bits per heavy atom. The van der Waals surface area contributed by atoms with Crippen molar-refractivity contribution in [3.05, 3.63) is 29.8 Å². The summed E-state index contributed by atoms with van der Waals surface area (Å²) in [6.45, 7) is 0.217. The van der Waals surface area contributed by atoms with Crippen LogP contribution in [0.5, 0.6) is 0 Å². The van der Waals surface area contributed by atoms with Gasteiger partial charge >= 0.3 is 0 Å². The molecule has 0 radical (unpaired) electrons. The van der Waals surface area contributed by atoms with E-state index in [0.29, 0.717) is 4.90 Å². The predicted molar refractivity (Wildman–Crippen MR) is 76.7 cm³/mol. The zero-order valence-electron chi connectivity index (χ0n) is 11.4. The van der Waals surface area contributed by atoms with Crippen molar-refractivity contribution < 1.29 is 16.8 Å². The van der Waals surface area contributed by atoms with E-state index in [1.54, 1.807) is 24.3 Å². The van der Waals surface area contributed by atoms with Crippen molar-refractivity contribution in [3.8, 4) is 0 Å². The van der Waals surface area contributed by atoms with E-state index in [0.717, 1.165) is 9.87 Å². The highest BCUT2D eigenvalue weighted by molar-refractivity contribution is 7.91. The minimum absolute atomic E-state index is 0.0195.